The van der Waals surface area contributed by atoms with E-state index in [2.05, 4.69) is 5.32 Å². The monoisotopic (exact) mass is 214 g/mol. The third kappa shape index (κ3) is 1.91. The Morgan fingerprint density at radius 1 is 1.43 bits per heavy atom. The highest BCUT2D eigenvalue weighted by Crippen LogP contribution is 2.30. The Morgan fingerprint density at radius 2 is 2.14 bits per heavy atom. The molecule has 0 aromatic rings. The average molecular weight is 214 g/mol. The van der Waals surface area contributed by atoms with E-state index in [1.54, 1.807) is 0 Å². The summed E-state index contributed by atoms with van der Waals surface area (Å²) in [6, 6.07) is 0.529. The van der Waals surface area contributed by atoms with E-state index in [1.165, 1.54) is 25.7 Å². The summed E-state index contributed by atoms with van der Waals surface area (Å²) >= 11 is 1.83. The van der Waals surface area contributed by atoms with E-state index in [4.69, 9.17) is 5.73 Å². The van der Waals surface area contributed by atoms with Crippen LogP contribution in [0.3, 0.4) is 0 Å². The van der Waals surface area contributed by atoms with Crippen LogP contribution in [-0.2, 0) is 4.79 Å². The molecule has 1 amide bonds. The fourth-order valence-electron chi connectivity index (χ4n) is 2.41. The van der Waals surface area contributed by atoms with Gasteiger partial charge in [0.1, 0.15) is 5.54 Å². The van der Waals surface area contributed by atoms with E-state index >= 15 is 0 Å². The molecule has 1 unspecified atom stereocenters. The number of hydrogen-bond acceptors (Lipinski definition) is 3. The van der Waals surface area contributed by atoms with Gasteiger partial charge in [-0.05, 0) is 25.0 Å². The number of carbonyl (C=O) groups is 1. The number of carbonyl (C=O) groups excluding carboxylic acids is 1. The predicted octanol–water partition coefficient (Wildman–Crippen LogP) is 0.880. The second-order valence-electron chi connectivity index (χ2n) is 4.37. The topological polar surface area (TPSA) is 55.1 Å². The molecule has 2 rings (SSSR count). The highest BCUT2D eigenvalue weighted by Gasteiger charge is 2.41. The van der Waals surface area contributed by atoms with Crippen LogP contribution < -0.4 is 11.1 Å². The van der Waals surface area contributed by atoms with E-state index in [0.29, 0.717) is 6.04 Å². The van der Waals surface area contributed by atoms with Crippen molar-refractivity contribution < 1.29 is 4.79 Å². The molecule has 2 fully saturated rings. The van der Waals surface area contributed by atoms with Gasteiger partial charge in [0.25, 0.3) is 0 Å². The van der Waals surface area contributed by atoms with Crippen LogP contribution in [-0.4, -0.2) is 29.0 Å². The van der Waals surface area contributed by atoms with Gasteiger partial charge >= 0.3 is 0 Å². The molecule has 2 aliphatic rings. The van der Waals surface area contributed by atoms with Crippen molar-refractivity contribution in [2.24, 2.45) is 5.73 Å². The number of primary amides is 1. The van der Waals surface area contributed by atoms with Crippen molar-refractivity contribution in [1.82, 2.24) is 5.32 Å². The van der Waals surface area contributed by atoms with E-state index < -0.39 is 0 Å². The first kappa shape index (κ1) is 10.3. The van der Waals surface area contributed by atoms with Crippen molar-refractivity contribution in [2.75, 3.05) is 11.5 Å². The fourth-order valence-corrected chi connectivity index (χ4v) is 3.76. The Bertz CT molecular complexity index is 220. The molecule has 3 N–H and O–H groups in total. The van der Waals surface area contributed by atoms with Crippen molar-refractivity contribution in [1.29, 1.82) is 0 Å². The van der Waals surface area contributed by atoms with Crippen LogP contribution in [0.1, 0.15) is 32.1 Å². The van der Waals surface area contributed by atoms with Crippen LogP contribution in [0.4, 0.5) is 0 Å². The molecule has 0 bridgehead atoms. The molecule has 14 heavy (non-hydrogen) atoms. The van der Waals surface area contributed by atoms with Gasteiger partial charge in [0.2, 0.25) is 5.91 Å². The summed E-state index contributed by atoms with van der Waals surface area (Å²) in [4.78, 5) is 11.5. The Balaban J connectivity index is 1.99. The molecule has 0 radical (unpaired) electrons. The number of hydrogen-bond donors (Lipinski definition) is 2. The summed E-state index contributed by atoms with van der Waals surface area (Å²) in [6.07, 6.45) is 5.90. The van der Waals surface area contributed by atoms with Crippen LogP contribution in [0.25, 0.3) is 0 Å². The van der Waals surface area contributed by atoms with Crippen LogP contribution >= 0.6 is 11.8 Å². The molecule has 1 heterocycles. The summed E-state index contributed by atoms with van der Waals surface area (Å²) in [5.41, 5.74) is 5.11. The van der Waals surface area contributed by atoms with E-state index in [0.717, 1.165) is 17.9 Å². The molecule has 0 aromatic carbocycles. The van der Waals surface area contributed by atoms with Gasteiger partial charge in [-0.1, -0.05) is 12.8 Å². The Morgan fingerprint density at radius 3 is 2.64 bits per heavy atom. The molecule has 80 valence electrons. The minimum atomic E-state index is -0.389. The van der Waals surface area contributed by atoms with Gasteiger partial charge in [0, 0.05) is 11.8 Å². The first-order valence-electron chi connectivity index (χ1n) is 5.38. The lowest BCUT2D eigenvalue weighted by atomic mass is 9.96. The quantitative estimate of drug-likeness (QED) is 0.733. The Hall–Kier alpha value is -0.220. The molecule has 1 aliphatic heterocycles. The van der Waals surface area contributed by atoms with E-state index in [1.807, 2.05) is 11.8 Å². The van der Waals surface area contributed by atoms with Gasteiger partial charge < -0.3 is 5.73 Å². The number of amides is 1. The highest BCUT2D eigenvalue weighted by atomic mass is 32.2. The molecule has 1 atom stereocenters. The minimum Gasteiger partial charge on any atom is -0.368 e. The summed E-state index contributed by atoms with van der Waals surface area (Å²) < 4.78 is 0. The fraction of sp³-hybridized carbons (Fsp3) is 0.900. The van der Waals surface area contributed by atoms with Crippen molar-refractivity contribution in [2.45, 2.75) is 43.7 Å². The van der Waals surface area contributed by atoms with Gasteiger partial charge in [-0.25, -0.2) is 0 Å². The number of thioether (sulfide) groups is 1. The van der Waals surface area contributed by atoms with Crippen LogP contribution in [0.2, 0.25) is 0 Å². The maximum Gasteiger partial charge on any atom is 0.238 e. The number of nitrogens with one attached hydrogen (secondary N) is 1. The van der Waals surface area contributed by atoms with Gasteiger partial charge in [0.15, 0.2) is 0 Å². The third-order valence-electron chi connectivity index (χ3n) is 3.33. The summed E-state index contributed by atoms with van der Waals surface area (Å²) in [5.74, 6) is 1.76. The molecular weight excluding hydrogens is 196 g/mol. The van der Waals surface area contributed by atoms with Crippen molar-refractivity contribution in [3.8, 4) is 0 Å². The molecule has 1 saturated carbocycles. The maximum absolute atomic E-state index is 11.5. The van der Waals surface area contributed by atoms with Gasteiger partial charge in [0.05, 0.1) is 0 Å². The van der Waals surface area contributed by atoms with E-state index in [-0.39, 0.29) is 11.4 Å². The van der Waals surface area contributed by atoms with Gasteiger partial charge in [-0.15, -0.1) is 0 Å². The number of nitrogens with two attached hydrogens (primary N) is 1. The molecule has 0 aromatic heterocycles. The molecule has 1 aliphatic carbocycles. The van der Waals surface area contributed by atoms with Gasteiger partial charge in [-0.2, -0.15) is 11.8 Å². The van der Waals surface area contributed by atoms with Crippen molar-refractivity contribution in [3.05, 3.63) is 0 Å². The van der Waals surface area contributed by atoms with E-state index in [9.17, 15) is 4.79 Å². The molecular formula is C10H18N2OS. The second-order valence-corrected chi connectivity index (χ2v) is 5.48. The molecule has 0 spiro atoms. The molecule has 4 heteroatoms. The third-order valence-corrected chi connectivity index (χ3v) is 4.52. The second kappa shape index (κ2) is 4.11. The Labute approximate surface area is 89.2 Å². The maximum atomic E-state index is 11.5. The average Bonchev–Trinajstić information content (AvgIpc) is 2.76. The standard InChI is InChI=1S/C10H18N2OS/c11-9(13)10(5-6-14-7-10)12-8-3-1-2-4-8/h8,12H,1-7H2,(H2,11,13). The molecule has 1 saturated heterocycles. The lowest BCUT2D eigenvalue weighted by Crippen LogP contribution is -2.58. The lowest BCUT2D eigenvalue weighted by molar-refractivity contribution is -0.123. The minimum absolute atomic E-state index is 0.158. The smallest absolute Gasteiger partial charge is 0.238 e. The summed E-state index contributed by atoms with van der Waals surface area (Å²) in [7, 11) is 0. The largest absolute Gasteiger partial charge is 0.368 e. The number of rotatable bonds is 3. The van der Waals surface area contributed by atoms with Crippen molar-refractivity contribution >= 4 is 17.7 Å². The predicted molar refractivity (Wildman–Crippen MR) is 59.3 cm³/mol. The lowest BCUT2D eigenvalue weighted by Gasteiger charge is -2.29. The first-order valence-corrected chi connectivity index (χ1v) is 6.54. The van der Waals surface area contributed by atoms with Crippen LogP contribution in [0.5, 0.6) is 0 Å². The first-order chi connectivity index (χ1) is 6.73. The van der Waals surface area contributed by atoms with Crippen LogP contribution in [0.15, 0.2) is 0 Å². The Kier molecular flexibility index (Phi) is 3.02. The summed E-state index contributed by atoms with van der Waals surface area (Å²) in [6.45, 7) is 0. The highest BCUT2D eigenvalue weighted by molar-refractivity contribution is 7.99. The molecule has 3 nitrogen and oxygen atoms in total. The zero-order valence-corrected chi connectivity index (χ0v) is 9.24. The van der Waals surface area contributed by atoms with Crippen LogP contribution in [0, 0.1) is 0 Å². The van der Waals surface area contributed by atoms with Gasteiger partial charge in [-0.3, -0.25) is 10.1 Å². The zero-order valence-electron chi connectivity index (χ0n) is 8.42. The normalized spacial score (nSPS) is 33.7. The zero-order chi connectivity index (χ0) is 10.0. The SMILES string of the molecule is NC(=O)C1(NC2CCCC2)CCSC1. The summed E-state index contributed by atoms with van der Waals surface area (Å²) in [5, 5.41) is 3.50. The van der Waals surface area contributed by atoms with Crippen molar-refractivity contribution in [3.63, 3.8) is 0 Å².